The van der Waals surface area contributed by atoms with Gasteiger partial charge in [-0.05, 0) is 26.3 Å². The van der Waals surface area contributed by atoms with Crippen LogP contribution in [0.25, 0.3) is 0 Å². The van der Waals surface area contributed by atoms with Crippen molar-refractivity contribution < 1.29 is 18.3 Å². The lowest BCUT2D eigenvalue weighted by Gasteiger charge is -2.24. The Hall–Kier alpha value is -1.63. The van der Waals surface area contributed by atoms with Crippen molar-refractivity contribution in [2.45, 2.75) is 20.3 Å². The number of carbonyl (C=O) groups is 1. The molecule has 1 fully saturated rings. The number of aromatic nitrogens is 1. The molecule has 2 heterocycles. The van der Waals surface area contributed by atoms with E-state index < -0.39 is 15.8 Å². The molecule has 1 saturated heterocycles. The van der Waals surface area contributed by atoms with Gasteiger partial charge < -0.3 is 10.0 Å². The van der Waals surface area contributed by atoms with Crippen molar-refractivity contribution in [1.82, 2.24) is 4.98 Å². The maximum Gasteiger partial charge on any atom is 0.339 e. The number of anilines is 1. The van der Waals surface area contributed by atoms with Gasteiger partial charge in [-0.2, -0.15) is 0 Å². The highest BCUT2D eigenvalue weighted by Crippen LogP contribution is 2.25. The molecule has 0 spiro atoms. The summed E-state index contributed by atoms with van der Waals surface area (Å²) in [6.45, 7) is 4.33. The van der Waals surface area contributed by atoms with Crippen molar-refractivity contribution in [1.29, 1.82) is 0 Å². The lowest BCUT2D eigenvalue weighted by Crippen LogP contribution is -2.29. The molecule has 0 atom stereocenters. The second kappa shape index (κ2) is 5.40. The van der Waals surface area contributed by atoms with Gasteiger partial charge in [-0.1, -0.05) is 0 Å². The van der Waals surface area contributed by atoms with E-state index >= 15 is 0 Å². The number of aryl methyl sites for hydroxylation is 2. The Morgan fingerprint density at radius 2 is 2.00 bits per heavy atom. The van der Waals surface area contributed by atoms with E-state index in [-0.39, 0.29) is 17.1 Å². The Morgan fingerprint density at radius 1 is 1.30 bits per heavy atom. The fraction of sp³-hybridized carbons (Fsp3) is 0.538. The van der Waals surface area contributed by atoms with Crippen LogP contribution in [-0.4, -0.2) is 49.1 Å². The largest absolute Gasteiger partial charge is 0.478 e. The molecule has 0 amide bonds. The molecule has 0 radical (unpaired) electrons. The van der Waals surface area contributed by atoms with E-state index in [4.69, 9.17) is 0 Å². The van der Waals surface area contributed by atoms with Gasteiger partial charge in [0.05, 0.1) is 22.9 Å². The van der Waals surface area contributed by atoms with Gasteiger partial charge in [0.15, 0.2) is 9.84 Å². The van der Waals surface area contributed by atoms with Crippen molar-refractivity contribution >= 4 is 21.5 Å². The average Bonchev–Trinajstić information content (AvgIpc) is 2.48. The first kappa shape index (κ1) is 14.8. The highest BCUT2D eigenvalue weighted by Gasteiger charge is 2.24. The third-order valence-corrected chi connectivity index (χ3v) is 5.13. The minimum absolute atomic E-state index is 0.0620. The third kappa shape index (κ3) is 3.09. The van der Waals surface area contributed by atoms with Gasteiger partial charge in [0.2, 0.25) is 0 Å². The van der Waals surface area contributed by atoms with E-state index in [2.05, 4.69) is 4.98 Å². The molecule has 1 aliphatic heterocycles. The number of carboxylic acid groups (broad SMARTS) is 1. The van der Waals surface area contributed by atoms with Gasteiger partial charge in [0, 0.05) is 18.8 Å². The van der Waals surface area contributed by atoms with Crippen molar-refractivity contribution in [3.63, 3.8) is 0 Å². The average molecular weight is 298 g/mol. The van der Waals surface area contributed by atoms with Gasteiger partial charge in [-0.25, -0.2) is 13.2 Å². The van der Waals surface area contributed by atoms with Crippen LogP contribution in [0.15, 0.2) is 6.07 Å². The summed E-state index contributed by atoms with van der Waals surface area (Å²) in [6.07, 6.45) is 0.516. The summed E-state index contributed by atoms with van der Waals surface area (Å²) in [5, 5.41) is 9.36. The number of hydrogen-bond acceptors (Lipinski definition) is 5. The van der Waals surface area contributed by atoms with Gasteiger partial charge in [0.1, 0.15) is 5.56 Å². The first-order valence-electron chi connectivity index (χ1n) is 6.47. The summed E-state index contributed by atoms with van der Waals surface area (Å²) in [4.78, 5) is 17.4. The van der Waals surface area contributed by atoms with Crippen LogP contribution in [0.3, 0.4) is 0 Å². The topological polar surface area (TPSA) is 87.6 Å². The minimum atomic E-state index is -3.02. The van der Waals surface area contributed by atoms with Crippen LogP contribution in [0.4, 0.5) is 5.69 Å². The molecule has 2 rings (SSSR count). The first-order valence-corrected chi connectivity index (χ1v) is 8.29. The van der Waals surface area contributed by atoms with E-state index in [1.165, 1.54) is 0 Å². The molecule has 0 unspecified atom stereocenters. The number of aromatic carboxylic acids is 1. The maximum atomic E-state index is 11.6. The molecule has 0 aliphatic carbocycles. The van der Waals surface area contributed by atoms with Crippen LogP contribution in [0.1, 0.15) is 28.2 Å². The van der Waals surface area contributed by atoms with Gasteiger partial charge in [-0.3, -0.25) is 4.98 Å². The van der Waals surface area contributed by atoms with Crippen LogP contribution < -0.4 is 4.90 Å². The van der Waals surface area contributed by atoms with Crippen molar-refractivity contribution in [2.24, 2.45) is 0 Å². The van der Waals surface area contributed by atoms with Crippen LogP contribution in [-0.2, 0) is 9.84 Å². The summed E-state index contributed by atoms with van der Waals surface area (Å²) >= 11 is 0. The molecule has 6 nitrogen and oxygen atoms in total. The molecule has 1 N–H and O–H groups in total. The quantitative estimate of drug-likeness (QED) is 0.877. The van der Waals surface area contributed by atoms with Crippen molar-refractivity contribution in [3.05, 3.63) is 23.0 Å². The molecule has 1 aliphatic rings. The summed E-state index contributed by atoms with van der Waals surface area (Å²) in [6, 6.07) is 1.72. The van der Waals surface area contributed by atoms with Gasteiger partial charge in [0.25, 0.3) is 0 Å². The Balaban J connectivity index is 2.44. The monoisotopic (exact) mass is 298 g/mol. The number of carboxylic acids is 1. The second-order valence-electron chi connectivity index (χ2n) is 5.04. The van der Waals surface area contributed by atoms with Crippen molar-refractivity contribution in [2.75, 3.05) is 29.5 Å². The molecular formula is C13H18N2O4S. The predicted molar refractivity (Wildman–Crippen MR) is 76.2 cm³/mol. The Morgan fingerprint density at radius 3 is 2.65 bits per heavy atom. The Bertz CT molecular complexity index is 640. The highest BCUT2D eigenvalue weighted by atomic mass is 32.2. The maximum absolute atomic E-state index is 11.6. The van der Waals surface area contributed by atoms with E-state index in [9.17, 15) is 18.3 Å². The van der Waals surface area contributed by atoms with E-state index in [0.717, 1.165) is 5.69 Å². The molecule has 7 heteroatoms. The standard InChI is InChI=1S/C13H18N2O4S/c1-9-8-11(12(13(16)17)10(2)14-9)15-4-3-6-20(18,19)7-5-15/h8H,3-7H2,1-2H3,(H,16,17). The minimum Gasteiger partial charge on any atom is -0.478 e. The van der Waals surface area contributed by atoms with Crippen LogP contribution in [0.5, 0.6) is 0 Å². The lowest BCUT2D eigenvalue weighted by molar-refractivity contribution is 0.0696. The van der Waals surface area contributed by atoms with E-state index in [1.54, 1.807) is 19.9 Å². The zero-order valence-electron chi connectivity index (χ0n) is 11.6. The Kier molecular flexibility index (Phi) is 3.99. The number of nitrogens with zero attached hydrogens (tertiary/aromatic N) is 2. The zero-order chi connectivity index (χ0) is 14.9. The number of rotatable bonds is 2. The summed E-state index contributed by atoms with van der Waals surface area (Å²) in [5.41, 5.74) is 1.92. The van der Waals surface area contributed by atoms with Crippen molar-refractivity contribution in [3.8, 4) is 0 Å². The normalized spacial score (nSPS) is 18.6. The van der Waals surface area contributed by atoms with Gasteiger partial charge >= 0.3 is 5.97 Å². The fourth-order valence-corrected chi connectivity index (χ4v) is 3.77. The third-order valence-electron chi connectivity index (χ3n) is 3.42. The zero-order valence-corrected chi connectivity index (χ0v) is 12.4. The molecule has 0 aromatic carbocycles. The smallest absolute Gasteiger partial charge is 0.339 e. The van der Waals surface area contributed by atoms with Crippen LogP contribution in [0.2, 0.25) is 0 Å². The molecule has 20 heavy (non-hydrogen) atoms. The SMILES string of the molecule is Cc1cc(N2CCCS(=O)(=O)CC2)c(C(=O)O)c(C)n1. The molecule has 0 bridgehead atoms. The number of hydrogen-bond donors (Lipinski definition) is 1. The summed E-state index contributed by atoms with van der Waals surface area (Å²) in [5.74, 6) is -0.807. The predicted octanol–water partition coefficient (Wildman–Crippen LogP) is 1.02. The molecular weight excluding hydrogens is 280 g/mol. The highest BCUT2D eigenvalue weighted by molar-refractivity contribution is 7.91. The summed E-state index contributed by atoms with van der Waals surface area (Å²) < 4.78 is 23.3. The number of pyridine rings is 1. The molecule has 0 saturated carbocycles. The van der Waals surface area contributed by atoms with E-state index in [1.807, 2.05) is 4.90 Å². The first-order chi connectivity index (χ1) is 9.30. The molecule has 110 valence electrons. The van der Waals surface area contributed by atoms with Crippen LogP contribution >= 0.6 is 0 Å². The fourth-order valence-electron chi connectivity index (χ4n) is 2.50. The van der Waals surface area contributed by atoms with Gasteiger partial charge in [-0.15, -0.1) is 0 Å². The van der Waals surface area contributed by atoms with Crippen LogP contribution in [0, 0.1) is 13.8 Å². The second-order valence-corrected chi connectivity index (χ2v) is 7.34. The summed E-state index contributed by atoms with van der Waals surface area (Å²) in [7, 11) is -3.02. The molecule has 1 aromatic rings. The lowest BCUT2D eigenvalue weighted by atomic mass is 10.1. The van der Waals surface area contributed by atoms with E-state index in [0.29, 0.717) is 30.9 Å². The number of sulfone groups is 1. The Labute approximate surface area is 118 Å². The molecule has 1 aromatic heterocycles.